The standard InChI is InChI=1S/C11H12F2N2/c1-6(14)7-4-9(11(12)13)8-2-3-15-10(8)5-7/h2-6,11,15H,14H2,1H3/t6-/m1/s1. The fourth-order valence-electron chi connectivity index (χ4n) is 1.66. The molecule has 0 saturated heterocycles. The van der Waals surface area contributed by atoms with Gasteiger partial charge in [0.2, 0.25) is 0 Å². The lowest BCUT2D eigenvalue weighted by atomic mass is 10.0. The number of halogens is 2. The van der Waals surface area contributed by atoms with Crippen LogP contribution in [0.4, 0.5) is 8.78 Å². The highest BCUT2D eigenvalue weighted by Gasteiger charge is 2.14. The van der Waals surface area contributed by atoms with Crippen LogP contribution in [0, 0.1) is 0 Å². The molecule has 1 atom stereocenters. The van der Waals surface area contributed by atoms with Crippen LogP contribution in [0.3, 0.4) is 0 Å². The van der Waals surface area contributed by atoms with Crippen molar-refractivity contribution >= 4 is 10.9 Å². The third-order valence-electron chi connectivity index (χ3n) is 2.48. The van der Waals surface area contributed by atoms with Gasteiger partial charge in [-0.15, -0.1) is 0 Å². The monoisotopic (exact) mass is 210 g/mol. The van der Waals surface area contributed by atoms with Gasteiger partial charge in [-0.05, 0) is 30.7 Å². The Balaban J connectivity index is 2.69. The Labute approximate surface area is 86.1 Å². The van der Waals surface area contributed by atoms with Gasteiger partial charge < -0.3 is 10.7 Å². The molecule has 0 aliphatic heterocycles. The first-order chi connectivity index (χ1) is 7.09. The number of nitrogens with two attached hydrogens (primary N) is 1. The summed E-state index contributed by atoms with van der Waals surface area (Å²) in [5.74, 6) is 0. The minimum atomic E-state index is -2.47. The van der Waals surface area contributed by atoms with E-state index in [1.165, 1.54) is 6.07 Å². The van der Waals surface area contributed by atoms with Crippen molar-refractivity contribution in [2.24, 2.45) is 5.73 Å². The lowest BCUT2D eigenvalue weighted by Gasteiger charge is -2.09. The molecule has 15 heavy (non-hydrogen) atoms. The Hall–Kier alpha value is -1.42. The van der Waals surface area contributed by atoms with Crippen molar-refractivity contribution in [1.82, 2.24) is 4.98 Å². The topological polar surface area (TPSA) is 41.8 Å². The van der Waals surface area contributed by atoms with Crippen LogP contribution < -0.4 is 5.73 Å². The summed E-state index contributed by atoms with van der Waals surface area (Å²) in [6.45, 7) is 1.78. The SMILES string of the molecule is C[C@@H](N)c1cc(C(F)F)c2cc[nH]c2c1. The van der Waals surface area contributed by atoms with Crippen LogP contribution in [0.15, 0.2) is 24.4 Å². The Morgan fingerprint density at radius 3 is 2.67 bits per heavy atom. The fourth-order valence-corrected chi connectivity index (χ4v) is 1.66. The average Bonchev–Trinajstić information content (AvgIpc) is 2.62. The molecule has 4 heteroatoms. The largest absolute Gasteiger partial charge is 0.361 e. The number of aromatic amines is 1. The van der Waals surface area contributed by atoms with E-state index in [0.29, 0.717) is 10.9 Å². The summed E-state index contributed by atoms with van der Waals surface area (Å²) in [6, 6.07) is 4.70. The van der Waals surface area contributed by atoms with Gasteiger partial charge >= 0.3 is 0 Å². The van der Waals surface area contributed by atoms with E-state index < -0.39 is 6.43 Å². The molecule has 0 fully saturated rings. The Bertz CT molecular complexity index is 474. The molecule has 2 rings (SSSR count). The molecular formula is C11H12F2N2. The zero-order chi connectivity index (χ0) is 11.0. The summed E-state index contributed by atoms with van der Waals surface area (Å²) in [4.78, 5) is 2.92. The maximum Gasteiger partial charge on any atom is 0.264 e. The molecule has 0 aliphatic rings. The van der Waals surface area contributed by atoms with E-state index in [1.807, 2.05) is 6.07 Å². The molecule has 0 radical (unpaired) electrons. The minimum absolute atomic E-state index is 0.0426. The Morgan fingerprint density at radius 2 is 2.07 bits per heavy atom. The number of alkyl halides is 2. The van der Waals surface area contributed by atoms with Crippen LogP contribution >= 0.6 is 0 Å². The predicted octanol–water partition coefficient (Wildman–Crippen LogP) is 3.13. The molecule has 1 aromatic heterocycles. The van der Waals surface area contributed by atoms with Crippen LogP contribution in [0.25, 0.3) is 10.9 Å². The van der Waals surface area contributed by atoms with E-state index in [0.717, 1.165) is 5.56 Å². The molecule has 0 amide bonds. The van der Waals surface area contributed by atoms with E-state index in [2.05, 4.69) is 4.98 Å². The lowest BCUT2D eigenvalue weighted by molar-refractivity contribution is 0.153. The van der Waals surface area contributed by atoms with Gasteiger partial charge in [-0.1, -0.05) is 0 Å². The number of fused-ring (bicyclic) bond motifs is 1. The minimum Gasteiger partial charge on any atom is -0.361 e. The molecule has 0 aliphatic carbocycles. The maximum atomic E-state index is 12.8. The highest BCUT2D eigenvalue weighted by atomic mass is 19.3. The first-order valence-electron chi connectivity index (χ1n) is 4.74. The third kappa shape index (κ3) is 1.72. The molecule has 2 nitrogen and oxygen atoms in total. The second-order valence-corrected chi connectivity index (χ2v) is 3.64. The second-order valence-electron chi connectivity index (χ2n) is 3.64. The Kier molecular flexibility index (Phi) is 2.44. The van der Waals surface area contributed by atoms with Gasteiger partial charge in [0, 0.05) is 28.7 Å². The molecule has 1 aromatic carbocycles. The number of hydrogen-bond acceptors (Lipinski definition) is 1. The van der Waals surface area contributed by atoms with Crippen molar-refractivity contribution in [1.29, 1.82) is 0 Å². The average molecular weight is 210 g/mol. The number of hydrogen-bond donors (Lipinski definition) is 2. The maximum absolute atomic E-state index is 12.8. The zero-order valence-corrected chi connectivity index (χ0v) is 8.30. The smallest absolute Gasteiger partial charge is 0.264 e. The molecular weight excluding hydrogens is 198 g/mol. The zero-order valence-electron chi connectivity index (χ0n) is 8.30. The predicted molar refractivity (Wildman–Crippen MR) is 55.9 cm³/mol. The number of nitrogens with one attached hydrogen (secondary N) is 1. The summed E-state index contributed by atoms with van der Waals surface area (Å²) < 4.78 is 25.5. The summed E-state index contributed by atoms with van der Waals surface area (Å²) in [6.07, 6.45) is -0.816. The van der Waals surface area contributed by atoms with Crippen molar-refractivity contribution in [3.05, 3.63) is 35.5 Å². The van der Waals surface area contributed by atoms with Crippen LogP contribution in [0.1, 0.15) is 30.5 Å². The Morgan fingerprint density at radius 1 is 1.33 bits per heavy atom. The van der Waals surface area contributed by atoms with Gasteiger partial charge in [0.15, 0.2) is 0 Å². The van der Waals surface area contributed by atoms with Gasteiger partial charge in [0.1, 0.15) is 0 Å². The van der Waals surface area contributed by atoms with Crippen molar-refractivity contribution in [3.8, 4) is 0 Å². The molecule has 0 bridgehead atoms. The highest BCUT2D eigenvalue weighted by Crippen LogP contribution is 2.30. The van der Waals surface area contributed by atoms with Crippen LogP contribution in [0.2, 0.25) is 0 Å². The molecule has 3 N–H and O–H groups in total. The molecule has 0 unspecified atom stereocenters. The molecule has 1 heterocycles. The van der Waals surface area contributed by atoms with Crippen molar-refractivity contribution in [2.45, 2.75) is 19.4 Å². The van der Waals surface area contributed by atoms with Gasteiger partial charge in [-0.25, -0.2) is 8.78 Å². The van der Waals surface area contributed by atoms with E-state index in [-0.39, 0.29) is 11.6 Å². The van der Waals surface area contributed by atoms with Gasteiger partial charge in [0.25, 0.3) is 6.43 Å². The van der Waals surface area contributed by atoms with Crippen molar-refractivity contribution < 1.29 is 8.78 Å². The summed E-state index contributed by atoms with van der Waals surface area (Å²) in [7, 11) is 0. The number of H-pyrrole nitrogens is 1. The van der Waals surface area contributed by atoms with E-state index in [4.69, 9.17) is 5.73 Å². The van der Waals surface area contributed by atoms with E-state index in [9.17, 15) is 8.78 Å². The lowest BCUT2D eigenvalue weighted by Crippen LogP contribution is -2.05. The molecule has 0 spiro atoms. The third-order valence-corrected chi connectivity index (χ3v) is 2.48. The molecule has 2 aromatic rings. The summed E-state index contributed by atoms with van der Waals surface area (Å²) in [5, 5.41) is 0.564. The van der Waals surface area contributed by atoms with Crippen molar-refractivity contribution in [3.63, 3.8) is 0 Å². The number of rotatable bonds is 2. The van der Waals surface area contributed by atoms with Crippen LogP contribution in [-0.2, 0) is 0 Å². The first-order valence-corrected chi connectivity index (χ1v) is 4.74. The first kappa shape index (κ1) is 10.1. The summed E-state index contributed by atoms with van der Waals surface area (Å²) >= 11 is 0. The van der Waals surface area contributed by atoms with Gasteiger partial charge in [-0.2, -0.15) is 0 Å². The van der Waals surface area contributed by atoms with Crippen LogP contribution in [0.5, 0.6) is 0 Å². The number of aromatic nitrogens is 1. The quantitative estimate of drug-likeness (QED) is 0.785. The fraction of sp³-hybridized carbons (Fsp3) is 0.273. The highest BCUT2D eigenvalue weighted by molar-refractivity contribution is 5.84. The normalized spacial score (nSPS) is 13.7. The number of benzene rings is 1. The van der Waals surface area contributed by atoms with Crippen molar-refractivity contribution in [2.75, 3.05) is 0 Å². The van der Waals surface area contributed by atoms with Crippen LogP contribution in [-0.4, -0.2) is 4.98 Å². The van der Waals surface area contributed by atoms with E-state index >= 15 is 0 Å². The van der Waals surface area contributed by atoms with E-state index in [1.54, 1.807) is 19.2 Å². The second kappa shape index (κ2) is 3.62. The van der Waals surface area contributed by atoms with Gasteiger partial charge in [0.05, 0.1) is 0 Å². The molecule has 80 valence electrons. The van der Waals surface area contributed by atoms with Gasteiger partial charge in [-0.3, -0.25) is 0 Å². The summed E-state index contributed by atoms with van der Waals surface area (Å²) in [5.41, 5.74) is 7.16. The molecule has 0 saturated carbocycles.